The van der Waals surface area contributed by atoms with Gasteiger partial charge in [0.05, 0.1) is 10.4 Å². The molecular weight excluding hydrogens is 304 g/mol. The van der Waals surface area contributed by atoms with E-state index in [1.807, 2.05) is 16.8 Å². The van der Waals surface area contributed by atoms with Crippen molar-refractivity contribution >= 4 is 32.8 Å². The number of hydrogen-bond donors (Lipinski definition) is 3. The lowest BCUT2D eigenvalue weighted by Crippen LogP contribution is -2.12. The standard InChI is InChI=1S/C13H14N6O2S/c1-16-12-11-10(17-13(14)18-12)6-7-19(11)8-2-4-9(5-3-8)22(15,20)21/h2-7H,1H3,(H2,15,20,21)(H3,14,16,17,18). The Morgan fingerprint density at radius 2 is 1.82 bits per heavy atom. The molecule has 8 nitrogen and oxygen atoms in total. The first-order chi connectivity index (χ1) is 10.4. The van der Waals surface area contributed by atoms with E-state index >= 15 is 0 Å². The van der Waals surface area contributed by atoms with Crippen molar-refractivity contribution in [3.63, 3.8) is 0 Å². The molecule has 0 saturated heterocycles. The van der Waals surface area contributed by atoms with Gasteiger partial charge in [-0.3, -0.25) is 0 Å². The monoisotopic (exact) mass is 318 g/mol. The van der Waals surface area contributed by atoms with Crippen LogP contribution in [0.5, 0.6) is 0 Å². The SMILES string of the molecule is CNc1nc(N)nc2ccn(-c3ccc(S(N)(=O)=O)cc3)c12. The second-order valence-electron chi connectivity index (χ2n) is 4.64. The second kappa shape index (κ2) is 4.97. The summed E-state index contributed by atoms with van der Waals surface area (Å²) in [7, 11) is -1.97. The molecule has 1 aromatic carbocycles. The summed E-state index contributed by atoms with van der Waals surface area (Å²) < 4.78 is 24.5. The summed E-state index contributed by atoms with van der Waals surface area (Å²) >= 11 is 0. The number of aromatic nitrogens is 3. The molecule has 0 amide bonds. The van der Waals surface area contributed by atoms with Crippen molar-refractivity contribution in [3.8, 4) is 5.69 Å². The van der Waals surface area contributed by atoms with Crippen molar-refractivity contribution in [1.82, 2.24) is 14.5 Å². The quantitative estimate of drug-likeness (QED) is 0.651. The van der Waals surface area contributed by atoms with Gasteiger partial charge in [0, 0.05) is 18.9 Å². The van der Waals surface area contributed by atoms with Crippen LogP contribution in [0.25, 0.3) is 16.7 Å². The predicted octanol–water partition coefficient (Wildman–Crippen LogP) is 0.692. The van der Waals surface area contributed by atoms with E-state index in [0.717, 1.165) is 11.2 Å². The van der Waals surface area contributed by atoms with E-state index in [4.69, 9.17) is 10.9 Å². The number of nitrogen functional groups attached to an aromatic ring is 1. The molecule has 2 aromatic heterocycles. The molecule has 3 aromatic rings. The molecule has 0 aliphatic heterocycles. The van der Waals surface area contributed by atoms with Crippen LogP contribution in [0, 0.1) is 0 Å². The van der Waals surface area contributed by atoms with Crippen LogP contribution in [-0.4, -0.2) is 30.0 Å². The van der Waals surface area contributed by atoms with E-state index < -0.39 is 10.0 Å². The number of primary sulfonamides is 1. The average Bonchev–Trinajstić information content (AvgIpc) is 2.89. The molecule has 0 bridgehead atoms. The van der Waals surface area contributed by atoms with E-state index in [1.54, 1.807) is 19.2 Å². The van der Waals surface area contributed by atoms with Gasteiger partial charge in [0.2, 0.25) is 16.0 Å². The molecule has 0 atom stereocenters. The summed E-state index contributed by atoms with van der Waals surface area (Å²) in [6.45, 7) is 0. The Hall–Kier alpha value is -2.65. The molecule has 0 saturated carbocycles. The molecule has 22 heavy (non-hydrogen) atoms. The van der Waals surface area contributed by atoms with Gasteiger partial charge in [0.25, 0.3) is 0 Å². The molecule has 114 valence electrons. The van der Waals surface area contributed by atoms with E-state index in [9.17, 15) is 8.42 Å². The summed E-state index contributed by atoms with van der Waals surface area (Å²) in [6, 6.07) is 8.03. The Balaban J connectivity index is 2.18. The van der Waals surface area contributed by atoms with Crippen molar-refractivity contribution in [2.45, 2.75) is 4.90 Å². The fourth-order valence-electron chi connectivity index (χ4n) is 2.25. The minimum absolute atomic E-state index is 0.0575. The van der Waals surface area contributed by atoms with Crippen LogP contribution in [0.15, 0.2) is 41.4 Å². The number of hydrogen-bond acceptors (Lipinski definition) is 6. The highest BCUT2D eigenvalue weighted by Crippen LogP contribution is 2.26. The van der Waals surface area contributed by atoms with Gasteiger partial charge >= 0.3 is 0 Å². The number of rotatable bonds is 3. The highest BCUT2D eigenvalue weighted by molar-refractivity contribution is 7.89. The van der Waals surface area contributed by atoms with Crippen LogP contribution in [0.4, 0.5) is 11.8 Å². The summed E-state index contributed by atoms with van der Waals surface area (Å²) in [5, 5.41) is 8.07. The predicted molar refractivity (Wildman–Crippen MR) is 84.2 cm³/mol. The van der Waals surface area contributed by atoms with Gasteiger partial charge < -0.3 is 15.6 Å². The van der Waals surface area contributed by atoms with Crippen LogP contribution in [0.2, 0.25) is 0 Å². The molecule has 0 fully saturated rings. The molecule has 0 aliphatic rings. The van der Waals surface area contributed by atoms with Crippen molar-refractivity contribution in [2.75, 3.05) is 18.1 Å². The first kappa shape index (κ1) is 14.3. The van der Waals surface area contributed by atoms with Gasteiger partial charge in [-0.1, -0.05) is 0 Å². The van der Waals surface area contributed by atoms with Crippen molar-refractivity contribution < 1.29 is 8.42 Å². The van der Waals surface area contributed by atoms with Crippen LogP contribution >= 0.6 is 0 Å². The maximum absolute atomic E-state index is 11.3. The lowest BCUT2D eigenvalue weighted by atomic mass is 10.3. The third kappa shape index (κ3) is 2.36. The number of sulfonamides is 1. The maximum Gasteiger partial charge on any atom is 0.238 e. The largest absolute Gasteiger partial charge is 0.371 e. The normalized spacial score (nSPS) is 11.7. The number of benzene rings is 1. The molecule has 2 heterocycles. The first-order valence-corrected chi connectivity index (χ1v) is 7.90. The molecule has 0 spiro atoms. The summed E-state index contributed by atoms with van der Waals surface area (Å²) in [4.78, 5) is 8.39. The van der Waals surface area contributed by atoms with E-state index in [2.05, 4.69) is 15.3 Å². The zero-order chi connectivity index (χ0) is 15.9. The number of anilines is 2. The minimum atomic E-state index is -3.71. The van der Waals surface area contributed by atoms with Gasteiger partial charge in [-0.15, -0.1) is 0 Å². The molecule has 0 radical (unpaired) electrons. The smallest absolute Gasteiger partial charge is 0.238 e. The first-order valence-electron chi connectivity index (χ1n) is 6.36. The zero-order valence-corrected chi connectivity index (χ0v) is 12.5. The van der Waals surface area contributed by atoms with Crippen molar-refractivity contribution in [3.05, 3.63) is 36.5 Å². The molecule has 0 aliphatic carbocycles. The van der Waals surface area contributed by atoms with Gasteiger partial charge in [-0.05, 0) is 30.3 Å². The molecule has 5 N–H and O–H groups in total. The molecule has 3 rings (SSSR count). The number of nitrogens with one attached hydrogen (secondary N) is 1. The highest BCUT2D eigenvalue weighted by atomic mass is 32.2. The zero-order valence-electron chi connectivity index (χ0n) is 11.7. The lowest BCUT2D eigenvalue weighted by Gasteiger charge is -2.09. The van der Waals surface area contributed by atoms with Crippen LogP contribution < -0.4 is 16.2 Å². The Morgan fingerprint density at radius 3 is 2.41 bits per heavy atom. The van der Waals surface area contributed by atoms with Crippen molar-refractivity contribution in [1.29, 1.82) is 0 Å². The van der Waals surface area contributed by atoms with E-state index in [0.29, 0.717) is 11.3 Å². The fraction of sp³-hybridized carbons (Fsp3) is 0.0769. The topological polar surface area (TPSA) is 129 Å². The third-order valence-corrected chi connectivity index (χ3v) is 4.16. The van der Waals surface area contributed by atoms with E-state index in [-0.39, 0.29) is 10.8 Å². The van der Waals surface area contributed by atoms with Crippen LogP contribution in [0.1, 0.15) is 0 Å². The average molecular weight is 318 g/mol. The summed E-state index contributed by atoms with van der Waals surface area (Å²) in [6.07, 6.45) is 1.81. The molecule has 0 unspecified atom stereocenters. The van der Waals surface area contributed by atoms with Gasteiger partial charge in [-0.25, -0.2) is 18.5 Å². The second-order valence-corrected chi connectivity index (χ2v) is 6.20. The summed E-state index contributed by atoms with van der Waals surface area (Å²) in [5.74, 6) is 0.766. The maximum atomic E-state index is 11.3. The summed E-state index contributed by atoms with van der Waals surface area (Å²) in [5.41, 5.74) is 7.86. The highest BCUT2D eigenvalue weighted by Gasteiger charge is 2.12. The fourth-order valence-corrected chi connectivity index (χ4v) is 2.76. The third-order valence-electron chi connectivity index (χ3n) is 3.23. The minimum Gasteiger partial charge on any atom is -0.371 e. The van der Waals surface area contributed by atoms with Gasteiger partial charge in [-0.2, -0.15) is 4.98 Å². The van der Waals surface area contributed by atoms with Crippen LogP contribution in [0.3, 0.4) is 0 Å². The van der Waals surface area contributed by atoms with Gasteiger partial charge in [0.1, 0.15) is 5.52 Å². The van der Waals surface area contributed by atoms with E-state index in [1.165, 1.54) is 12.1 Å². The Kier molecular flexibility index (Phi) is 3.23. The molecule has 9 heteroatoms. The number of nitrogens with two attached hydrogens (primary N) is 2. The number of fused-ring (bicyclic) bond motifs is 1. The lowest BCUT2D eigenvalue weighted by molar-refractivity contribution is 0.598. The van der Waals surface area contributed by atoms with Crippen LogP contribution in [-0.2, 0) is 10.0 Å². The number of nitrogens with zero attached hydrogens (tertiary/aromatic N) is 3. The van der Waals surface area contributed by atoms with Gasteiger partial charge in [0.15, 0.2) is 5.82 Å². The van der Waals surface area contributed by atoms with Crippen molar-refractivity contribution in [2.24, 2.45) is 5.14 Å². The Labute approximate surface area is 126 Å². The Bertz CT molecular complexity index is 947. The molecular formula is C13H14N6O2S. The Morgan fingerprint density at radius 1 is 1.14 bits per heavy atom.